The molecule has 0 unspecified atom stereocenters. The second-order valence-corrected chi connectivity index (χ2v) is 7.35. The zero-order valence-corrected chi connectivity index (χ0v) is 16.8. The number of fused-ring (bicyclic) bond motifs is 1. The second-order valence-electron chi connectivity index (χ2n) is 7.35. The molecule has 1 aromatic heterocycles. The minimum Gasteiger partial charge on any atom is -0.497 e. The third kappa shape index (κ3) is 3.59. The van der Waals surface area contributed by atoms with Crippen LogP contribution in [0.3, 0.4) is 0 Å². The van der Waals surface area contributed by atoms with E-state index in [0.29, 0.717) is 13.2 Å². The summed E-state index contributed by atoms with van der Waals surface area (Å²) in [6, 6.07) is 20.5. The van der Waals surface area contributed by atoms with Crippen LogP contribution in [0, 0.1) is 11.6 Å². The summed E-state index contributed by atoms with van der Waals surface area (Å²) in [4.78, 5) is 4.24. The van der Waals surface area contributed by atoms with Crippen molar-refractivity contribution in [1.82, 2.24) is 10.2 Å². The van der Waals surface area contributed by atoms with Gasteiger partial charge in [-0.2, -0.15) is 5.10 Å². The van der Waals surface area contributed by atoms with Gasteiger partial charge in [-0.05, 0) is 72.8 Å². The maximum absolute atomic E-state index is 13.5. The van der Waals surface area contributed by atoms with Crippen LogP contribution in [0.15, 0.2) is 72.8 Å². The van der Waals surface area contributed by atoms with Crippen molar-refractivity contribution in [2.24, 2.45) is 0 Å². The van der Waals surface area contributed by atoms with E-state index >= 15 is 0 Å². The number of aromatic nitrogens is 2. The van der Waals surface area contributed by atoms with Gasteiger partial charge >= 0.3 is 0 Å². The third-order valence-electron chi connectivity index (χ3n) is 5.47. The minimum absolute atomic E-state index is 0.274. The molecule has 156 valence electrons. The zero-order chi connectivity index (χ0) is 21.4. The number of hydrogen-bond acceptors (Lipinski definition) is 4. The van der Waals surface area contributed by atoms with Gasteiger partial charge in [0, 0.05) is 22.5 Å². The molecular formula is C24H20F2N4O. The van der Waals surface area contributed by atoms with Gasteiger partial charge in [-0.3, -0.25) is 5.10 Å². The van der Waals surface area contributed by atoms with E-state index in [1.165, 1.54) is 24.3 Å². The summed E-state index contributed by atoms with van der Waals surface area (Å²) < 4.78 is 32.2. The molecule has 0 aliphatic carbocycles. The normalized spacial score (nSPS) is 13.3. The molecule has 0 saturated heterocycles. The summed E-state index contributed by atoms with van der Waals surface area (Å²) >= 11 is 0. The van der Waals surface area contributed by atoms with Gasteiger partial charge in [-0.25, -0.2) is 8.78 Å². The van der Waals surface area contributed by atoms with Crippen molar-refractivity contribution in [3.8, 4) is 17.0 Å². The Morgan fingerprint density at radius 1 is 0.839 bits per heavy atom. The van der Waals surface area contributed by atoms with Gasteiger partial charge in [0.2, 0.25) is 0 Å². The molecule has 1 N–H and O–H groups in total. The summed E-state index contributed by atoms with van der Waals surface area (Å²) in [6.07, 6.45) is 0. The highest BCUT2D eigenvalue weighted by molar-refractivity contribution is 5.76. The molecule has 5 rings (SSSR count). The number of benzene rings is 3. The van der Waals surface area contributed by atoms with Crippen LogP contribution in [0.4, 0.5) is 26.0 Å². The van der Waals surface area contributed by atoms with Gasteiger partial charge in [-0.1, -0.05) is 0 Å². The van der Waals surface area contributed by atoms with E-state index in [1.807, 2.05) is 24.3 Å². The largest absolute Gasteiger partial charge is 0.497 e. The maximum atomic E-state index is 13.5. The lowest BCUT2D eigenvalue weighted by Crippen LogP contribution is -2.39. The topological polar surface area (TPSA) is 44.4 Å². The highest BCUT2D eigenvalue weighted by atomic mass is 19.1. The van der Waals surface area contributed by atoms with Crippen molar-refractivity contribution in [2.45, 2.75) is 6.54 Å². The monoisotopic (exact) mass is 418 g/mol. The van der Waals surface area contributed by atoms with Gasteiger partial charge in [0.05, 0.1) is 26.0 Å². The predicted octanol–water partition coefficient (Wildman–Crippen LogP) is 5.48. The van der Waals surface area contributed by atoms with Crippen LogP contribution < -0.4 is 14.5 Å². The fourth-order valence-corrected chi connectivity index (χ4v) is 3.85. The lowest BCUT2D eigenvalue weighted by Gasteiger charge is -2.37. The number of anilines is 3. The standard InChI is InChI=1S/C24H20F2N4O/c1-31-21-12-10-20(11-13-21)30-15-29(19-8-6-18(26)7-9-19)14-22-23(27-28-24(22)30)16-2-4-17(25)5-3-16/h2-13H,14-15H2,1H3,(H,27,28). The fraction of sp³-hybridized carbons (Fsp3) is 0.125. The zero-order valence-electron chi connectivity index (χ0n) is 16.8. The second kappa shape index (κ2) is 7.75. The molecule has 7 heteroatoms. The Labute approximate surface area is 178 Å². The summed E-state index contributed by atoms with van der Waals surface area (Å²) in [7, 11) is 1.63. The summed E-state index contributed by atoms with van der Waals surface area (Å²) in [5, 5.41) is 7.72. The summed E-state index contributed by atoms with van der Waals surface area (Å²) in [6.45, 7) is 1.12. The van der Waals surface area contributed by atoms with E-state index in [9.17, 15) is 8.78 Å². The van der Waals surface area contributed by atoms with Crippen molar-refractivity contribution in [2.75, 3.05) is 23.6 Å². The molecule has 1 aliphatic rings. The molecule has 31 heavy (non-hydrogen) atoms. The molecule has 1 aliphatic heterocycles. The quantitative estimate of drug-likeness (QED) is 0.477. The number of nitrogens with zero attached hydrogens (tertiary/aromatic N) is 3. The Balaban J connectivity index is 1.60. The number of ether oxygens (including phenoxy) is 1. The Morgan fingerprint density at radius 2 is 1.45 bits per heavy atom. The molecule has 0 spiro atoms. The molecule has 0 bridgehead atoms. The molecule has 0 atom stereocenters. The Hall–Kier alpha value is -3.87. The van der Waals surface area contributed by atoms with E-state index in [4.69, 9.17) is 4.74 Å². The van der Waals surface area contributed by atoms with E-state index in [1.54, 1.807) is 31.4 Å². The van der Waals surface area contributed by atoms with Crippen LogP contribution in [-0.4, -0.2) is 24.0 Å². The Bertz CT molecular complexity index is 1190. The predicted molar refractivity (Wildman–Crippen MR) is 117 cm³/mol. The van der Waals surface area contributed by atoms with Gasteiger partial charge in [0.1, 0.15) is 17.4 Å². The molecule has 4 aromatic rings. The Morgan fingerprint density at radius 3 is 2.10 bits per heavy atom. The third-order valence-corrected chi connectivity index (χ3v) is 5.47. The first-order chi connectivity index (χ1) is 15.1. The SMILES string of the molecule is COc1ccc(N2CN(c3ccc(F)cc3)Cc3c2n[nH]c3-c2ccc(F)cc2)cc1. The average Bonchev–Trinajstić information content (AvgIpc) is 3.23. The average molecular weight is 418 g/mol. The number of halogens is 2. The van der Waals surface area contributed by atoms with E-state index in [2.05, 4.69) is 20.0 Å². The van der Waals surface area contributed by atoms with Crippen molar-refractivity contribution in [1.29, 1.82) is 0 Å². The van der Waals surface area contributed by atoms with Crippen LogP contribution in [0.1, 0.15) is 5.56 Å². The van der Waals surface area contributed by atoms with Crippen molar-refractivity contribution in [3.63, 3.8) is 0 Å². The number of hydrogen-bond donors (Lipinski definition) is 1. The van der Waals surface area contributed by atoms with Crippen LogP contribution in [0.5, 0.6) is 5.75 Å². The summed E-state index contributed by atoms with van der Waals surface area (Å²) in [5.74, 6) is 1.02. The highest BCUT2D eigenvalue weighted by Crippen LogP contribution is 2.39. The molecule has 0 amide bonds. The van der Waals surface area contributed by atoms with Crippen LogP contribution in [0.25, 0.3) is 11.3 Å². The number of methoxy groups -OCH3 is 1. The van der Waals surface area contributed by atoms with E-state index in [-0.39, 0.29) is 11.6 Å². The van der Waals surface area contributed by atoms with Gasteiger partial charge < -0.3 is 14.5 Å². The first-order valence-electron chi connectivity index (χ1n) is 9.87. The number of nitrogens with one attached hydrogen (secondary N) is 1. The van der Waals surface area contributed by atoms with E-state index < -0.39 is 0 Å². The highest BCUT2D eigenvalue weighted by Gasteiger charge is 2.29. The number of rotatable bonds is 4. The number of H-pyrrole nitrogens is 1. The van der Waals surface area contributed by atoms with Crippen molar-refractivity contribution >= 4 is 17.2 Å². The first-order valence-corrected chi connectivity index (χ1v) is 9.87. The Kier molecular flexibility index (Phi) is 4.78. The van der Waals surface area contributed by atoms with E-state index in [0.717, 1.165) is 39.8 Å². The van der Waals surface area contributed by atoms with Crippen molar-refractivity contribution in [3.05, 3.63) is 90.0 Å². The molecule has 0 fully saturated rings. The maximum Gasteiger partial charge on any atom is 0.161 e. The minimum atomic E-state index is -0.287. The van der Waals surface area contributed by atoms with Gasteiger partial charge in [0.25, 0.3) is 0 Å². The molecule has 5 nitrogen and oxygen atoms in total. The van der Waals surface area contributed by atoms with Gasteiger partial charge in [-0.15, -0.1) is 0 Å². The first kappa shape index (κ1) is 19.1. The van der Waals surface area contributed by atoms with Crippen molar-refractivity contribution < 1.29 is 13.5 Å². The summed E-state index contributed by atoms with van der Waals surface area (Å²) in [5.41, 5.74) is 4.52. The van der Waals surface area contributed by atoms with Crippen LogP contribution >= 0.6 is 0 Å². The molecule has 2 heterocycles. The van der Waals surface area contributed by atoms with Crippen LogP contribution in [-0.2, 0) is 6.54 Å². The lowest BCUT2D eigenvalue weighted by atomic mass is 10.0. The molecule has 0 saturated carbocycles. The molecule has 0 radical (unpaired) electrons. The lowest BCUT2D eigenvalue weighted by molar-refractivity contribution is 0.415. The fourth-order valence-electron chi connectivity index (χ4n) is 3.85. The number of aromatic amines is 1. The smallest absolute Gasteiger partial charge is 0.161 e. The van der Waals surface area contributed by atoms with Crippen LogP contribution in [0.2, 0.25) is 0 Å². The molecular weight excluding hydrogens is 398 g/mol. The van der Waals surface area contributed by atoms with Gasteiger partial charge in [0.15, 0.2) is 5.82 Å². The molecule has 3 aromatic carbocycles.